The van der Waals surface area contributed by atoms with E-state index in [0.29, 0.717) is 11.3 Å². The Morgan fingerprint density at radius 1 is 1.11 bits per heavy atom. The molecule has 18 heavy (non-hydrogen) atoms. The van der Waals surface area contributed by atoms with Crippen LogP contribution in [-0.4, -0.2) is 7.11 Å². The topological polar surface area (TPSA) is 59.0 Å². The largest absolute Gasteiger partial charge is 0.496 e. The van der Waals surface area contributed by atoms with Gasteiger partial charge in [0.2, 0.25) is 0 Å². The van der Waals surface area contributed by atoms with Gasteiger partial charge >= 0.3 is 0 Å². The quantitative estimate of drug-likeness (QED) is 0.818. The van der Waals surface area contributed by atoms with Crippen molar-refractivity contribution < 1.29 is 4.74 Å². The summed E-state index contributed by atoms with van der Waals surface area (Å²) < 4.78 is 5.34. The van der Waals surface area contributed by atoms with E-state index in [2.05, 4.69) is 6.07 Å². The zero-order valence-electron chi connectivity index (χ0n) is 10.4. The van der Waals surface area contributed by atoms with E-state index in [0.717, 1.165) is 22.4 Å². The van der Waals surface area contributed by atoms with Gasteiger partial charge in [-0.3, -0.25) is 0 Å². The molecule has 2 N–H and O–H groups in total. The lowest BCUT2D eigenvalue weighted by molar-refractivity contribution is 0.416. The molecule has 0 aliphatic rings. The zero-order chi connectivity index (χ0) is 13.1. The predicted molar refractivity (Wildman–Crippen MR) is 72.3 cm³/mol. The summed E-state index contributed by atoms with van der Waals surface area (Å²) in [5.74, 6) is 0.739. The van der Waals surface area contributed by atoms with Crippen molar-refractivity contribution in [3.05, 3.63) is 47.5 Å². The minimum atomic E-state index is 0.604. The third-order valence-corrected chi connectivity index (χ3v) is 2.88. The smallest absolute Gasteiger partial charge is 0.126 e. The zero-order valence-corrected chi connectivity index (χ0v) is 10.4. The van der Waals surface area contributed by atoms with E-state index >= 15 is 0 Å². The van der Waals surface area contributed by atoms with Crippen LogP contribution in [0.1, 0.15) is 11.1 Å². The van der Waals surface area contributed by atoms with Crippen LogP contribution in [0.4, 0.5) is 5.69 Å². The van der Waals surface area contributed by atoms with Gasteiger partial charge in [-0.1, -0.05) is 6.07 Å². The van der Waals surface area contributed by atoms with Crippen LogP contribution in [0.3, 0.4) is 0 Å². The second-order valence-corrected chi connectivity index (χ2v) is 4.10. The minimum Gasteiger partial charge on any atom is -0.496 e. The molecule has 0 amide bonds. The van der Waals surface area contributed by atoms with Crippen molar-refractivity contribution in [1.82, 2.24) is 0 Å². The number of nitriles is 1. The Hall–Kier alpha value is -2.47. The maximum Gasteiger partial charge on any atom is 0.126 e. The Balaban J connectivity index is 2.69. The lowest BCUT2D eigenvalue weighted by atomic mass is 9.97. The van der Waals surface area contributed by atoms with E-state index in [-0.39, 0.29) is 0 Å². The standard InChI is InChI=1S/C15H14N2O/c1-10-3-5-12(17)8-13(10)14-7-11(9-16)4-6-15(14)18-2/h3-8H,17H2,1-2H3. The molecule has 0 radical (unpaired) electrons. The minimum absolute atomic E-state index is 0.604. The summed E-state index contributed by atoms with van der Waals surface area (Å²) in [4.78, 5) is 0. The van der Waals surface area contributed by atoms with Crippen molar-refractivity contribution in [2.45, 2.75) is 6.92 Å². The highest BCUT2D eigenvalue weighted by Gasteiger charge is 2.10. The van der Waals surface area contributed by atoms with E-state index < -0.39 is 0 Å². The normalized spacial score (nSPS) is 9.83. The second kappa shape index (κ2) is 4.80. The predicted octanol–water partition coefficient (Wildman–Crippen LogP) is 3.12. The fourth-order valence-electron chi connectivity index (χ4n) is 1.92. The van der Waals surface area contributed by atoms with Gasteiger partial charge in [-0.15, -0.1) is 0 Å². The molecular formula is C15H14N2O. The number of nitrogen functional groups attached to an aromatic ring is 1. The average Bonchev–Trinajstić information content (AvgIpc) is 2.40. The Morgan fingerprint density at radius 2 is 1.89 bits per heavy atom. The van der Waals surface area contributed by atoms with Crippen LogP contribution < -0.4 is 10.5 Å². The van der Waals surface area contributed by atoms with Crippen molar-refractivity contribution in [3.8, 4) is 22.9 Å². The van der Waals surface area contributed by atoms with E-state index in [1.807, 2.05) is 31.2 Å². The number of aryl methyl sites for hydroxylation is 1. The van der Waals surface area contributed by atoms with Crippen LogP contribution in [-0.2, 0) is 0 Å². The van der Waals surface area contributed by atoms with Crippen molar-refractivity contribution >= 4 is 5.69 Å². The maximum atomic E-state index is 8.98. The van der Waals surface area contributed by atoms with Gasteiger partial charge in [0.05, 0.1) is 18.7 Å². The second-order valence-electron chi connectivity index (χ2n) is 4.10. The first-order chi connectivity index (χ1) is 8.65. The number of hydrogen-bond donors (Lipinski definition) is 1. The summed E-state index contributed by atoms with van der Waals surface area (Å²) in [5.41, 5.74) is 10.1. The summed E-state index contributed by atoms with van der Waals surface area (Å²) in [6.07, 6.45) is 0. The fraction of sp³-hybridized carbons (Fsp3) is 0.133. The first-order valence-electron chi connectivity index (χ1n) is 5.60. The van der Waals surface area contributed by atoms with E-state index in [1.165, 1.54) is 0 Å². The van der Waals surface area contributed by atoms with Gasteiger partial charge < -0.3 is 10.5 Å². The van der Waals surface area contributed by atoms with Crippen molar-refractivity contribution in [2.24, 2.45) is 0 Å². The highest BCUT2D eigenvalue weighted by atomic mass is 16.5. The van der Waals surface area contributed by atoms with Crippen LogP contribution in [0, 0.1) is 18.3 Å². The number of benzene rings is 2. The van der Waals surface area contributed by atoms with Crippen molar-refractivity contribution in [1.29, 1.82) is 5.26 Å². The van der Waals surface area contributed by atoms with Crippen LogP contribution in [0.5, 0.6) is 5.75 Å². The molecule has 3 nitrogen and oxygen atoms in total. The van der Waals surface area contributed by atoms with Gasteiger partial charge in [-0.2, -0.15) is 5.26 Å². The van der Waals surface area contributed by atoms with E-state index in [4.69, 9.17) is 15.7 Å². The molecule has 0 bridgehead atoms. The molecule has 2 aromatic carbocycles. The highest BCUT2D eigenvalue weighted by molar-refractivity contribution is 5.77. The molecule has 2 rings (SSSR count). The van der Waals surface area contributed by atoms with Gasteiger partial charge in [-0.05, 0) is 48.4 Å². The molecule has 0 aliphatic heterocycles. The lowest BCUT2D eigenvalue weighted by Gasteiger charge is -2.12. The lowest BCUT2D eigenvalue weighted by Crippen LogP contribution is -1.93. The Bertz CT molecular complexity index is 627. The molecule has 0 saturated carbocycles. The molecule has 0 aromatic heterocycles. The highest BCUT2D eigenvalue weighted by Crippen LogP contribution is 2.34. The summed E-state index contributed by atoms with van der Waals surface area (Å²) in [6.45, 7) is 2.01. The van der Waals surface area contributed by atoms with E-state index in [1.54, 1.807) is 19.2 Å². The molecule has 3 heteroatoms. The first-order valence-corrected chi connectivity index (χ1v) is 5.60. The van der Waals surface area contributed by atoms with Gasteiger partial charge in [0.25, 0.3) is 0 Å². The first kappa shape index (κ1) is 12.0. The van der Waals surface area contributed by atoms with Gasteiger partial charge in [-0.25, -0.2) is 0 Å². The number of methoxy groups -OCH3 is 1. The summed E-state index contributed by atoms with van der Waals surface area (Å²) >= 11 is 0. The molecule has 0 saturated heterocycles. The Labute approximate surface area is 106 Å². The Morgan fingerprint density at radius 3 is 2.56 bits per heavy atom. The fourth-order valence-corrected chi connectivity index (χ4v) is 1.92. The summed E-state index contributed by atoms with van der Waals surface area (Å²) in [5, 5.41) is 8.98. The van der Waals surface area contributed by atoms with Crippen LogP contribution in [0.15, 0.2) is 36.4 Å². The molecule has 0 spiro atoms. The molecule has 0 atom stereocenters. The number of nitrogens with two attached hydrogens (primary N) is 1. The molecule has 90 valence electrons. The molecule has 0 aliphatic carbocycles. The number of nitrogens with zero attached hydrogens (tertiary/aromatic N) is 1. The SMILES string of the molecule is COc1ccc(C#N)cc1-c1cc(N)ccc1C. The van der Waals surface area contributed by atoms with Crippen LogP contribution >= 0.6 is 0 Å². The van der Waals surface area contributed by atoms with Crippen molar-refractivity contribution in [2.75, 3.05) is 12.8 Å². The molecular weight excluding hydrogens is 224 g/mol. The summed E-state index contributed by atoms with van der Waals surface area (Å²) in [7, 11) is 1.62. The summed E-state index contributed by atoms with van der Waals surface area (Å²) in [6, 6.07) is 13.2. The molecule has 2 aromatic rings. The molecule has 0 heterocycles. The maximum absolute atomic E-state index is 8.98. The monoisotopic (exact) mass is 238 g/mol. The van der Waals surface area contributed by atoms with Gasteiger partial charge in [0.1, 0.15) is 5.75 Å². The number of anilines is 1. The number of rotatable bonds is 2. The Kier molecular flexibility index (Phi) is 3.20. The number of ether oxygens (including phenoxy) is 1. The molecule has 0 fully saturated rings. The van der Waals surface area contributed by atoms with Crippen LogP contribution in [0.2, 0.25) is 0 Å². The van der Waals surface area contributed by atoms with Crippen molar-refractivity contribution in [3.63, 3.8) is 0 Å². The third-order valence-electron chi connectivity index (χ3n) is 2.88. The van der Waals surface area contributed by atoms with Gasteiger partial charge in [0, 0.05) is 11.3 Å². The van der Waals surface area contributed by atoms with Gasteiger partial charge in [0.15, 0.2) is 0 Å². The average molecular weight is 238 g/mol. The van der Waals surface area contributed by atoms with E-state index in [9.17, 15) is 0 Å². The number of hydrogen-bond acceptors (Lipinski definition) is 3. The van der Waals surface area contributed by atoms with Crippen LogP contribution in [0.25, 0.3) is 11.1 Å². The third kappa shape index (κ3) is 2.14. The molecule has 0 unspecified atom stereocenters.